The van der Waals surface area contributed by atoms with Gasteiger partial charge in [-0.2, -0.15) is 0 Å². The Kier molecular flexibility index (Phi) is 5.44. The van der Waals surface area contributed by atoms with Crippen LogP contribution < -0.4 is 0 Å². The van der Waals surface area contributed by atoms with Crippen molar-refractivity contribution in [1.82, 2.24) is 4.90 Å². The average Bonchev–Trinajstić information content (AvgIpc) is 2.97. The van der Waals surface area contributed by atoms with E-state index in [9.17, 15) is 9.59 Å². The molecule has 146 valence electrons. The lowest BCUT2D eigenvalue weighted by Crippen LogP contribution is -2.53. The molecule has 0 aromatic heterocycles. The number of ether oxygens (including phenoxy) is 2. The molecule has 2 fully saturated rings. The number of nitrogens with zero attached hydrogens (tertiary/aromatic N) is 1. The molecule has 5 nitrogen and oxygen atoms in total. The van der Waals surface area contributed by atoms with Crippen LogP contribution in [-0.2, 0) is 20.9 Å². The number of hydrogen-bond acceptors (Lipinski definition) is 5. The van der Waals surface area contributed by atoms with Gasteiger partial charge in [0.25, 0.3) is 0 Å². The molecule has 2 heterocycles. The largest absolute Gasteiger partial charge is 0.460 e. The Bertz CT molecular complexity index is 823. The Morgan fingerprint density at radius 2 is 1.68 bits per heavy atom. The van der Waals surface area contributed by atoms with E-state index >= 15 is 0 Å². The van der Waals surface area contributed by atoms with Crippen LogP contribution >= 0.6 is 0 Å². The first-order valence-electron chi connectivity index (χ1n) is 9.82. The zero-order valence-electron chi connectivity index (χ0n) is 16.0. The third kappa shape index (κ3) is 3.80. The summed E-state index contributed by atoms with van der Waals surface area (Å²) in [5, 5.41) is 0. The van der Waals surface area contributed by atoms with Crippen molar-refractivity contribution >= 4 is 11.9 Å². The first kappa shape index (κ1) is 18.7. The summed E-state index contributed by atoms with van der Waals surface area (Å²) in [6.45, 7) is 0.232. The second kappa shape index (κ2) is 8.15. The van der Waals surface area contributed by atoms with Crippen LogP contribution in [0.1, 0.15) is 35.2 Å². The molecule has 2 aromatic carbocycles. The van der Waals surface area contributed by atoms with Gasteiger partial charge in [0.15, 0.2) is 0 Å². The predicted octanol–water partition coefficient (Wildman–Crippen LogP) is 3.44. The zero-order valence-corrected chi connectivity index (χ0v) is 16.0. The molecule has 2 aliphatic heterocycles. The molecule has 2 saturated heterocycles. The number of carbonyl (C=O) groups excluding carboxylic acids is 2. The Hall–Kier alpha value is -2.66. The van der Waals surface area contributed by atoms with Crippen LogP contribution in [0.3, 0.4) is 0 Å². The summed E-state index contributed by atoms with van der Waals surface area (Å²) in [6, 6.07) is 19.0. The van der Waals surface area contributed by atoms with Crippen LogP contribution in [0.5, 0.6) is 0 Å². The van der Waals surface area contributed by atoms with Crippen LogP contribution in [-0.4, -0.2) is 42.1 Å². The molecule has 0 radical (unpaired) electrons. The summed E-state index contributed by atoms with van der Waals surface area (Å²) in [4.78, 5) is 27.8. The normalized spacial score (nSPS) is 26.6. The number of carbonyl (C=O) groups is 2. The maximum atomic E-state index is 13.0. The van der Waals surface area contributed by atoms with E-state index in [4.69, 9.17) is 9.47 Å². The monoisotopic (exact) mass is 379 g/mol. The molecule has 2 aromatic rings. The van der Waals surface area contributed by atoms with Gasteiger partial charge in [-0.3, -0.25) is 9.69 Å². The zero-order chi connectivity index (χ0) is 19.5. The molecule has 5 heteroatoms. The average molecular weight is 379 g/mol. The van der Waals surface area contributed by atoms with Crippen LogP contribution in [0, 0.1) is 5.92 Å². The van der Waals surface area contributed by atoms with Crippen molar-refractivity contribution in [2.45, 2.75) is 44.1 Å². The Balaban J connectivity index is 1.49. The number of rotatable bonds is 5. The number of benzene rings is 2. The predicted molar refractivity (Wildman–Crippen MR) is 105 cm³/mol. The van der Waals surface area contributed by atoms with Gasteiger partial charge in [0.1, 0.15) is 18.6 Å². The summed E-state index contributed by atoms with van der Waals surface area (Å²) in [6.07, 6.45) is 2.15. The molecule has 28 heavy (non-hydrogen) atoms. The number of piperidine rings is 1. The summed E-state index contributed by atoms with van der Waals surface area (Å²) < 4.78 is 11.5. The maximum Gasteiger partial charge on any atom is 0.338 e. The number of fused-ring (bicyclic) bond motifs is 2. The van der Waals surface area contributed by atoms with E-state index in [2.05, 4.69) is 11.9 Å². The molecule has 2 aliphatic rings. The maximum absolute atomic E-state index is 13.0. The SMILES string of the molecule is CN1[C@H]2CC[C@@H]1[C@@H](C(=O)OCc1ccccc1)[C@@H](OC(=O)c1ccccc1)C2. The third-order valence-corrected chi connectivity index (χ3v) is 5.98. The molecule has 4 rings (SSSR count). The molecular weight excluding hydrogens is 354 g/mol. The summed E-state index contributed by atoms with van der Waals surface area (Å²) >= 11 is 0. The van der Waals surface area contributed by atoms with E-state index < -0.39 is 12.0 Å². The lowest BCUT2D eigenvalue weighted by atomic mass is 9.87. The number of esters is 2. The minimum atomic E-state index is -0.458. The van der Waals surface area contributed by atoms with Crippen molar-refractivity contribution in [2.75, 3.05) is 7.05 Å². The van der Waals surface area contributed by atoms with Crippen LogP contribution in [0.4, 0.5) is 0 Å². The topological polar surface area (TPSA) is 55.8 Å². The molecule has 0 saturated carbocycles. The second-order valence-electron chi connectivity index (χ2n) is 7.63. The van der Waals surface area contributed by atoms with Gasteiger partial charge < -0.3 is 9.47 Å². The molecule has 0 N–H and O–H groups in total. The first-order chi connectivity index (χ1) is 13.6. The van der Waals surface area contributed by atoms with Crippen molar-refractivity contribution in [3.05, 3.63) is 71.8 Å². The molecule has 4 atom stereocenters. The van der Waals surface area contributed by atoms with Gasteiger partial charge in [0.05, 0.1) is 5.56 Å². The molecular formula is C23H25NO4. The summed E-state index contributed by atoms with van der Waals surface area (Å²) in [7, 11) is 2.05. The lowest BCUT2D eigenvalue weighted by molar-refractivity contribution is -0.160. The highest BCUT2D eigenvalue weighted by molar-refractivity contribution is 5.89. The van der Waals surface area contributed by atoms with Gasteiger partial charge in [-0.05, 0) is 37.6 Å². The third-order valence-electron chi connectivity index (χ3n) is 5.98. The highest BCUT2D eigenvalue weighted by atomic mass is 16.6. The minimum Gasteiger partial charge on any atom is -0.460 e. The first-order valence-corrected chi connectivity index (χ1v) is 9.82. The molecule has 0 amide bonds. The van der Waals surface area contributed by atoms with E-state index in [1.165, 1.54) is 0 Å². The Labute approximate surface area is 165 Å². The van der Waals surface area contributed by atoms with Crippen molar-refractivity contribution < 1.29 is 19.1 Å². The fourth-order valence-electron chi connectivity index (χ4n) is 4.46. The van der Waals surface area contributed by atoms with Gasteiger partial charge in [-0.15, -0.1) is 0 Å². The van der Waals surface area contributed by atoms with Crippen molar-refractivity contribution in [3.8, 4) is 0 Å². The van der Waals surface area contributed by atoms with Crippen molar-refractivity contribution in [3.63, 3.8) is 0 Å². The van der Waals surface area contributed by atoms with E-state index in [1.807, 2.05) is 36.4 Å². The van der Waals surface area contributed by atoms with Crippen molar-refractivity contribution in [2.24, 2.45) is 5.92 Å². The van der Waals surface area contributed by atoms with Crippen LogP contribution in [0.25, 0.3) is 0 Å². The Morgan fingerprint density at radius 1 is 1.00 bits per heavy atom. The van der Waals surface area contributed by atoms with Gasteiger partial charge in [0, 0.05) is 18.5 Å². The smallest absolute Gasteiger partial charge is 0.338 e. The molecule has 0 spiro atoms. The quantitative estimate of drug-likeness (QED) is 0.745. The molecule has 0 aliphatic carbocycles. The van der Waals surface area contributed by atoms with E-state index in [0.29, 0.717) is 18.0 Å². The second-order valence-corrected chi connectivity index (χ2v) is 7.63. The van der Waals surface area contributed by atoms with Gasteiger partial charge in [0.2, 0.25) is 0 Å². The fraction of sp³-hybridized carbons (Fsp3) is 0.391. The van der Waals surface area contributed by atoms with Crippen molar-refractivity contribution in [1.29, 1.82) is 0 Å². The molecule has 0 unspecified atom stereocenters. The Morgan fingerprint density at radius 3 is 2.39 bits per heavy atom. The molecule has 2 bridgehead atoms. The van der Waals surface area contributed by atoms with Crippen LogP contribution in [0.15, 0.2) is 60.7 Å². The van der Waals surface area contributed by atoms with Gasteiger partial charge in [-0.1, -0.05) is 48.5 Å². The minimum absolute atomic E-state index is 0.0515. The van der Waals surface area contributed by atoms with Crippen LogP contribution in [0.2, 0.25) is 0 Å². The fourth-order valence-corrected chi connectivity index (χ4v) is 4.46. The highest BCUT2D eigenvalue weighted by Gasteiger charge is 2.51. The van der Waals surface area contributed by atoms with E-state index in [0.717, 1.165) is 18.4 Å². The summed E-state index contributed by atoms with van der Waals surface area (Å²) in [5.41, 5.74) is 1.45. The summed E-state index contributed by atoms with van der Waals surface area (Å²) in [5.74, 6) is -1.12. The van der Waals surface area contributed by atoms with E-state index in [-0.39, 0.29) is 24.6 Å². The van der Waals surface area contributed by atoms with Gasteiger partial charge >= 0.3 is 11.9 Å². The standard InChI is InChI=1S/C23H25NO4/c1-24-18-12-13-19(24)21(23(26)27-15-16-8-4-2-5-9-16)20(14-18)28-22(25)17-10-6-3-7-11-17/h2-11,18-21H,12-15H2,1H3/t18-,19+,20-,21+/m0/s1. The van der Waals surface area contributed by atoms with E-state index in [1.54, 1.807) is 24.3 Å². The lowest BCUT2D eigenvalue weighted by Gasteiger charge is -2.40. The highest BCUT2D eigenvalue weighted by Crippen LogP contribution is 2.40. The number of hydrogen-bond donors (Lipinski definition) is 0. The van der Waals surface area contributed by atoms with Gasteiger partial charge in [-0.25, -0.2) is 4.79 Å².